The Balaban J connectivity index is 1.49. The van der Waals surface area contributed by atoms with E-state index in [0.29, 0.717) is 19.4 Å². The smallest absolute Gasteiger partial charge is 0.220 e. The predicted octanol–water partition coefficient (Wildman–Crippen LogP) is 2.52. The molecule has 1 N–H and O–H groups in total. The number of hydrogen-bond acceptors (Lipinski definition) is 4. The number of amides is 1. The average molecular weight is 336 g/mol. The second-order valence-electron chi connectivity index (χ2n) is 5.60. The zero-order valence-electron chi connectivity index (χ0n) is 14.1. The van der Waals surface area contributed by atoms with E-state index in [9.17, 15) is 4.79 Å². The summed E-state index contributed by atoms with van der Waals surface area (Å²) >= 11 is 0. The van der Waals surface area contributed by atoms with E-state index in [-0.39, 0.29) is 5.91 Å². The second-order valence-corrected chi connectivity index (χ2v) is 5.60. The molecule has 3 aromatic rings. The third kappa shape index (κ3) is 4.67. The Morgan fingerprint density at radius 3 is 2.72 bits per heavy atom. The molecule has 0 aliphatic heterocycles. The maximum Gasteiger partial charge on any atom is 0.220 e. The van der Waals surface area contributed by atoms with Crippen molar-refractivity contribution in [3.63, 3.8) is 0 Å². The van der Waals surface area contributed by atoms with Crippen molar-refractivity contribution in [3.8, 4) is 11.6 Å². The van der Waals surface area contributed by atoms with Crippen LogP contribution in [0.4, 0.5) is 0 Å². The molecule has 128 valence electrons. The Morgan fingerprint density at radius 1 is 1.16 bits per heavy atom. The number of hydrogen-bond donors (Lipinski definition) is 1. The van der Waals surface area contributed by atoms with Crippen molar-refractivity contribution in [3.05, 3.63) is 72.2 Å². The lowest BCUT2D eigenvalue weighted by Crippen LogP contribution is -2.23. The summed E-state index contributed by atoms with van der Waals surface area (Å²) in [6, 6.07) is 13.4. The van der Waals surface area contributed by atoms with Gasteiger partial charge in [0.05, 0.1) is 7.11 Å². The summed E-state index contributed by atoms with van der Waals surface area (Å²) < 4.78 is 6.82. The number of ether oxygens (including phenoxy) is 1. The summed E-state index contributed by atoms with van der Waals surface area (Å²) in [4.78, 5) is 16.3. The predicted molar refractivity (Wildman–Crippen MR) is 94.5 cm³/mol. The maximum absolute atomic E-state index is 12.1. The Bertz CT molecular complexity index is 814. The summed E-state index contributed by atoms with van der Waals surface area (Å²) in [6.45, 7) is 0.470. The van der Waals surface area contributed by atoms with Gasteiger partial charge in [-0.15, -0.1) is 0 Å². The van der Waals surface area contributed by atoms with Gasteiger partial charge < -0.3 is 10.1 Å². The summed E-state index contributed by atoms with van der Waals surface area (Å²) in [5, 5.41) is 7.10. The number of carbonyl (C=O) groups excluding carboxylic acids is 1. The highest BCUT2D eigenvalue weighted by Gasteiger charge is 2.05. The van der Waals surface area contributed by atoms with Crippen LogP contribution in [-0.4, -0.2) is 27.8 Å². The molecule has 0 spiro atoms. The summed E-state index contributed by atoms with van der Waals surface area (Å²) in [7, 11) is 1.64. The van der Waals surface area contributed by atoms with Crippen molar-refractivity contribution in [2.75, 3.05) is 7.11 Å². The molecular formula is C19H20N4O2. The van der Waals surface area contributed by atoms with Crippen molar-refractivity contribution in [2.24, 2.45) is 0 Å². The molecule has 0 bridgehead atoms. The number of pyridine rings is 1. The normalized spacial score (nSPS) is 10.4. The molecule has 6 heteroatoms. The van der Waals surface area contributed by atoms with E-state index in [4.69, 9.17) is 4.74 Å². The van der Waals surface area contributed by atoms with Crippen LogP contribution in [0.2, 0.25) is 0 Å². The fraction of sp³-hybridized carbons (Fsp3) is 0.211. The average Bonchev–Trinajstić information content (AvgIpc) is 3.20. The van der Waals surface area contributed by atoms with E-state index >= 15 is 0 Å². The van der Waals surface area contributed by atoms with Crippen LogP contribution in [0.15, 0.2) is 61.1 Å². The highest BCUT2D eigenvalue weighted by atomic mass is 16.5. The number of rotatable bonds is 7. The van der Waals surface area contributed by atoms with Crippen molar-refractivity contribution in [1.29, 1.82) is 0 Å². The molecule has 0 saturated carbocycles. The van der Waals surface area contributed by atoms with Crippen LogP contribution in [-0.2, 0) is 17.8 Å². The second kappa shape index (κ2) is 8.10. The van der Waals surface area contributed by atoms with Crippen LogP contribution >= 0.6 is 0 Å². The summed E-state index contributed by atoms with van der Waals surface area (Å²) in [5.41, 5.74) is 2.10. The van der Waals surface area contributed by atoms with E-state index in [1.165, 1.54) is 0 Å². The number of nitrogens with zero attached hydrogens (tertiary/aromatic N) is 3. The van der Waals surface area contributed by atoms with Crippen LogP contribution in [0.5, 0.6) is 5.75 Å². The fourth-order valence-corrected chi connectivity index (χ4v) is 2.44. The van der Waals surface area contributed by atoms with Gasteiger partial charge in [0, 0.05) is 31.6 Å². The molecule has 0 saturated heterocycles. The zero-order valence-corrected chi connectivity index (χ0v) is 14.1. The first-order chi connectivity index (χ1) is 12.2. The van der Waals surface area contributed by atoms with Gasteiger partial charge in [0.2, 0.25) is 5.91 Å². The Labute approximate surface area is 146 Å². The van der Waals surface area contributed by atoms with E-state index < -0.39 is 0 Å². The molecule has 0 unspecified atom stereocenters. The third-order valence-corrected chi connectivity index (χ3v) is 3.84. The Kier molecular flexibility index (Phi) is 5.41. The summed E-state index contributed by atoms with van der Waals surface area (Å²) in [5.74, 6) is 1.57. The molecule has 1 aromatic carbocycles. The first-order valence-electron chi connectivity index (χ1n) is 8.09. The fourth-order valence-electron chi connectivity index (χ4n) is 2.44. The molecule has 1 amide bonds. The lowest BCUT2D eigenvalue weighted by Gasteiger charge is -2.07. The molecule has 3 rings (SSSR count). The first-order valence-corrected chi connectivity index (χ1v) is 8.09. The van der Waals surface area contributed by atoms with E-state index in [0.717, 1.165) is 22.7 Å². The van der Waals surface area contributed by atoms with Crippen molar-refractivity contribution in [2.45, 2.75) is 19.4 Å². The number of benzene rings is 1. The van der Waals surface area contributed by atoms with Gasteiger partial charge in [0.15, 0.2) is 5.82 Å². The van der Waals surface area contributed by atoms with E-state index in [1.54, 1.807) is 24.2 Å². The number of aryl methyl sites for hydroxylation is 1. The van der Waals surface area contributed by atoms with Gasteiger partial charge >= 0.3 is 0 Å². The van der Waals surface area contributed by atoms with Gasteiger partial charge in [-0.05, 0) is 47.9 Å². The van der Waals surface area contributed by atoms with Crippen molar-refractivity contribution in [1.82, 2.24) is 20.1 Å². The SMILES string of the molecule is COc1ccc(CCC(=O)NCc2ccnc(-n3cccn3)c2)cc1. The highest BCUT2D eigenvalue weighted by Crippen LogP contribution is 2.12. The zero-order chi connectivity index (χ0) is 17.5. The minimum absolute atomic E-state index is 0.0215. The van der Waals surface area contributed by atoms with E-state index in [2.05, 4.69) is 15.4 Å². The van der Waals surface area contributed by atoms with Gasteiger partial charge in [-0.2, -0.15) is 5.10 Å². The molecule has 6 nitrogen and oxygen atoms in total. The topological polar surface area (TPSA) is 69.0 Å². The molecule has 2 aromatic heterocycles. The van der Waals surface area contributed by atoms with Gasteiger partial charge in [0.1, 0.15) is 5.75 Å². The Hall–Kier alpha value is -3.15. The molecule has 25 heavy (non-hydrogen) atoms. The summed E-state index contributed by atoms with van der Waals surface area (Å²) in [6.07, 6.45) is 6.40. The largest absolute Gasteiger partial charge is 0.497 e. The molecule has 2 heterocycles. The first kappa shape index (κ1) is 16.7. The third-order valence-electron chi connectivity index (χ3n) is 3.84. The number of nitrogens with one attached hydrogen (secondary N) is 1. The van der Waals surface area contributed by atoms with Crippen LogP contribution in [0.3, 0.4) is 0 Å². The molecule has 0 aliphatic rings. The van der Waals surface area contributed by atoms with Crippen LogP contribution in [0.25, 0.3) is 5.82 Å². The minimum atomic E-state index is 0.0215. The van der Waals surface area contributed by atoms with Crippen LogP contribution < -0.4 is 10.1 Å². The Morgan fingerprint density at radius 2 is 2.00 bits per heavy atom. The molecule has 0 atom stereocenters. The quantitative estimate of drug-likeness (QED) is 0.720. The number of carbonyl (C=O) groups is 1. The molecule has 0 radical (unpaired) electrons. The van der Waals surface area contributed by atoms with Gasteiger partial charge in [-0.25, -0.2) is 9.67 Å². The maximum atomic E-state index is 12.1. The number of methoxy groups -OCH3 is 1. The van der Waals surface area contributed by atoms with Crippen LogP contribution in [0, 0.1) is 0 Å². The lowest BCUT2D eigenvalue weighted by atomic mass is 10.1. The lowest BCUT2D eigenvalue weighted by molar-refractivity contribution is -0.121. The van der Waals surface area contributed by atoms with Gasteiger partial charge in [0.25, 0.3) is 0 Å². The van der Waals surface area contributed by atoms with Gasteiger partial charge in [-0.1, -0.05) is 12.1 Å². The standard InChI is InChI=1S/C19H20N4O2/c1-25-17-6-3-15(4-7-17)5-8-19(24)21-14-16-9-11-20-18(13-16)23-12-2-10-22-23/h2-4,6-7,9-13H,5,8,14H2,1H3,(H,21,24). The molecule has 0 aliphatic carbocycles. The monoisotopic (exact) mass is 336 g/mol. The minimum Gasteiger partial charge on any atom is -0.497 e. The van der Waals surface area contributed by atoms with Crippen LogP contribution in [0.1, 0.15) is 17.5 Å². The van der Waals surface area contributed by atoms with Crippen molar-refractivity contribution < 1.29 is 9.53 Å². The molecular weight excluding hydrogens is 316 g/mol. The van der Waals surface area contributed by atoms with E-state index in [1.807, 2.05) is 48.7 Å². The molecule has 0 fully saturated rings. The highest BCUT2D eigenvalue weighted by molar-refractivity contribution is 5.76. The number of aromatic nitrogens is 3. The van der Waals surface area contributed by atoms with Gasteiger partial charge in [-0.3, -0.25) is 4.79 Å². The van der Waals surface area contributed by atoms with Crippen molar-refractivity contribution >= 4 is 5.91 Å².